The summed E-state index contributed by atoms with van der Waals surface area (Å²) in [7, 11) is 0. The first-order valence-corrected chi connectivity index (χ1v) is 7.20. The van der Waals surface area contributed by atoms with E-state index >= 15 is 0 Å². The maximum atomic E-state index is 6.08. The Kier molecular flexibility index (Phi) is 3.46. The highest BCUT2D eigenvalue weighted by Gasteiger charge is 2.22. The first-order valence-electron chi connectivity index (χ1n) is 6.82. The lowest BCUT2D eigenvalue weighted by atomic mass is 9.91. The highest BCUT2D eigenvalue weighted by molar-refractivity contribution is 6.29. The standard InChI is InChI=1S/C14H19ClN4/c1-9-3-10(2)7-19(6-9)8-11-4-13(15)17-12-5-16-18-14(11)12/h4-5,9-10H,3,6-8H2,1-2H3,(H,16,18)/t9-,10+. The lowest BCUT2D eigenvalue weighted by Gasteiger charge is -2.35. The van der Waals surface area contributed by atoms with E-state index in [-0.39, 0.29) is 0 Å². The predicted octanol–water partition coefficient (Wildman–Crippen LogP) is 3.09. The zero-order valence-corrected chi connectivity index (χ0v) is 12.1. The molecular formula is C14H19ClN4. The molecule has 0 saturated carbocycles. The zero-order valence-electron chi connectivity index (χ0n) is 11.4. The molecule has 0 bridgehead atoms. The molecule has 5 heteroatoms. The highest BCUT2D eigenvalue weighted by atomic mass is 35.5. The normalized spacial score (nSPS) is 25.0. The SMILES string of the molecule is C[C@@H]1C[C@H](C)CN(Cc2cc(Cl)nc3cn[nH]c23)C1. The number of aromatic amines is 1. The number of aromatic nitrogens is 3. The summed E-state index contributed by atoms with van der Waals surface area (Å²) in [6.45, 7) is 7.87. The van der Waals surface area contributed by atoms with Crippen molar-refractivity contribution < 1.29 is 0 Å². The minimum Gasteiger partial charge on any atom is -0.298 e. The molecule has 0 amide bonds. The van der Waals surface area contributed by atoms with Crippen molar-refractivity contribution in [2.45, 2.75) is 26.8 Å². The highest BCUT2D eigenvalue weighted by Crippen LogP contribution is 2.25. The number of halogens is 1. The number of hydrogen-bond donors (Lipinski definition) is 1. The third-order valence-corrected chi connectivity index (χ3v) is 3.99. The van der Waals surface area contributed by atoms with Crippen LogP contribution in [0.3, 0.4) is 0 Å². The molecule has 19 heavy (non-hydrogen) atoms. The fourth-order valence-electron chi connectivity index (χ4n) is 3.25. The fraction of sp³-hybridized carbons (Fsp3) is 0.571. The van der Waals surface area contributed by atoms with Gasteiger partial charge in [0.1, 0.15) is 10.7 Å². The van der Waals surface area contributed by atoms with Gasteiger partial charge < -0.3 is 0 Å². The lowest BCUT2D eigenvalue weighted by Crippen LogP contribution is -2.38. The summed E-state index contributed by atoms with van der Waals surface area (Å²) in [5.41, 5.74) is 3.05. The number of pyridine rings is 1. The number of piperidine rings is 1. The van der Waals surface area contributed by atoms with Crippen LogP contribution in [0.2, 0.25) is 5.15 Å². The molecule has 4 nitrogen and oxygen atoms in total. The van der Waals surface area contributed by atoms with Crippen LogP contribution >= 0.6 is 11.6 Å². The zero-order chi connectivity index (χ0) is 13.4. The Labute approximate surface area is 118 Å². The predicted molar refractivity (Wildman–Crippen MR) is 77.1 cm³/mol. The summed E-state index contributed by atoms with van der Waals surface area (Å²) in [4.78, 5) is 6.78. The molecule has 3 rings (SSSR count). The van der Waals surface area contributed by atoms with Crippen molar-refractivity contribution in [3.8, 4) is 0 Å². The summed E-state index contributed by atoms with van der Waals surface area (Å²) in [5, 5.41) is 7.63. The van der Waals surface area contributed by atoms with Crippen LogP contribution in [-0.4, -0.2) is 33.2 Å². The second-order valence-corrected chi connectivity index (χ2v) is 6.26. The monoisotopic (exact) mass is 278 g/mol. The van der Waals surface area contributed by atoms with Gasteiger partial charge >= 0.3 is 0 Å². The topological polar surface area (TPSA) is 44.8 Å². The molecule has 102 valence electrons. The quantitative estimate of drug-likeness (QED) is 0.859. The largest absolute Gasteiger partial charge is 0.298 e. The smallest absolute Gasteiger partial charge is 0.130 e. The van der Waals surface area contributed by atoms with Gasteiger partial charge in [0, 0.05) is 19.6 Å². The van der Waals surface area contributed by atoms with Gasteiger partial charge in [-0.2, -0.15) is 5.10 Å². The minimum absolute atomic E-state index is 0.544. The van der Waals surface area contributed by atoms with Gasteiger partial charge in [-0.25, -0.2) is 4.98 Å². The first kappa shape index (κ1) is 12.9. The van der Waals surface area contributed by atoms with E-state index in [2.05, 4.69) is 33.9 Å². The van der Waals surface area contributed by atoms with E-state index < -0.39 is 0 Å². The molecule has 2 atom stereocenters. The van der Waals surface area contributed by atoms with Crippen molar-refractivity contribution in [1.82, 2.24) is 20.1 Å². The van der Waals surface area contributed by atoms with E-state index in [0.29, 0.717) is 5.15 Å². The Morgan fingerprint density at radius 1 is 1.37 bits per heavy atom. The molecule has 2 aromatic rings. The second-order valence-electron chi connectivity index (χ2n) is 5.87. The van der Waals surface area contributed by atoms with E-state index in [9.17, 15) is 0 Å². The summed E-state index contributed by atoms with van der Waals surface area (Å²) in [6.07, 6.45) is 3.05. The maximum Gasteiger partial charge on any atom is 0.130 e. The maximum absolute atomic E-state index is 6.08. The van der Waals surface area contributed by atoms with Crippen LogP contribution in [0.4, 0.5) is 0 Å². The number of nitrogens with one attached hydrogen (secondary N) is 1. The summed E-state index contributed by atoms with van der Waals surface area (Å²) in [6, 6.07) is 1.95. The van der Waals surface area contributed by atoms with E-state index in [1.165, 1.54) is 12.0 Å². The van der Waals surface area contributed by atoms with Gasteiger partial charge in [0.2, 0.25) is 0 Å². The van der Waals surface area contributed by atoms with Crippen LogP contribution in [0, 0.1) is 11.8 Å². The molecule has 1 N–H and O–H groups in total. The van der Waals surface area contributed by atoms with Gasteiger partial charge in [-0.15, -0.1) is 0 Å². The van der Waals surface area contributed by atoms with Crippen LogP contribution in [0.15, 0.2) is 12.3 Å². The Balaban J connectivity index is 1.86. The Bertz CT molecular complexity index is 570. The average Bonchev–Trinajstić information content (AvgIpc) is 2.75. The molecule has 0 aromatic carbocycles. The number of fused-ring (bicyclic) bond motifs is 1. The molecule has 3 heterocycles. The van der Waals surface area contributed by atoms with Crippen molar-refractivity contribution in [3.05, 3.63) is 23.0 Å². The van der Waals surface area contributed by atoms with Crippen molar-refractivity contribution in [3.63, 3.8) is 0 Å². The van der Waals surface area contributed by atoms with E-state index in [4.69, 9.17) is 11.6 Å². The molecule has 1 aliphatic heterocycles. The average molecular weight is 279 g/mol. The molecule has 0 spiro atoms. The Morgan fingerprint density at radius 2 is 2.11 bits per heavy atom. The summed E-state index contributed by atoms with van der Waals surface area (Å²) in [5.74, 6) is 1.52. The lowest BCUT2D eigenvalue weighted by molar-refractivity contribution is 0.134. The van der Waals surface area contributed by atoms with Gasteiger partial charge in [-0.3, -0.25) is 10.00 Å². The van der Waals surface area contributed by atoms with E-state index in [1.54, 1.807) is 6.20 Å². The second kappa shape index (κ2) is 5.10. The van der Waals surface area contributed by atoms with Crippen LogP contribution < -0.4 is 0 Å². The third-order valence-electron chi connectivity index (χ3n) is 3.80. The molecule has 0 unspecified atom stereocenters. The minimum atomic E-state index is 0.544. The number of hydrogen-bond acceptors (Lipinski definition) is 3. The van der Waals surface area contributed by atoms with Crippen molar-refractivity contribution in [1.29, 1.82) is 0 Å². The number of likely N-dealkylation sites (tertiary alicyclic amines) is 1. The number of H-pyrrole nitrogens is 1. The summed E-state index contributed by atoms with van der Waals surface area (Å²) < 4.78 is 0. The Hall–Kier alpha value is -1.13. The van der Waals surface area contributed by atoms with Crippen LogP contribution in [-0.2, 0) is 6.54 Å². The van der Waals surface area contributed by atoms with E-state index in [1.807, 2.05) is 6.07 Å². The number of nitrogens with zero attached hydrogens (tertiary/aromatic N) is 3. The number of rotatable bonds is 2. The van der Waals surface area contributed by atoms with Gasteiger partial charge in [0.25, 0.3) is 0 Å². The van der Waals surface area contributed by atoms with Crippen molar-refractivity contribution >= 4 is 22.6 Å². The van der Waals surface area contributed by atoms with Crippen molar-refractivity contribution in [2.75, 3.05) is 13.1 Å². The molecular weight excluding hydrogens is 260 g/mol. The molecule has 1 aliphatic rings. The third kappa shape index (κ3) is 2.74. The van der Waals surface area contributed by atoms with Crippen molar-refractivity contribution in [2.24, 2.45) is 11.8 Å². The van der Waals surface area contributed by atoms with Crippen LogP contribution in [0.5, 0.6) is 0 Å². The van der Waals surface area contributed by atoms with Gasteiger partial charge in [-0.1, -0.05) is 25.4 Å². The molecule has 0 aliphatic carbocycles. The van der Waals surface area contributed by atoms with E-state index in [0.717, 1.165) is 42.5 Å². The summed E-state index contributed by atoms with van der Waals surface area (Å²) >= 11 is 6.08. The van der Waals surface area contributed by atoms with Gasteiger partial charge in [-0.05, 0) is 29.9 Å². The Morgan fingerprint density at radius 3 is 2.84 bits per heavy atom. The van der Waals surface area contributed by atoms with Crippen LogP contribution in [0.1, 0.15) is 25.8 Å². The fourth-order valence-corrected chi connectivity index (χ4v) is 3.47. The van der Waals surface area contributed by atoms with Gasteiger partial charge in [0.15, 0.2) is 0 Å². The van der Waals surface area contributed by atoms with Gasteiger partial charge in [0.05, 0.1) is 11.7 Å². The molecule has 1 fully saturated rings. The molecule has 2 aromatic heterocycles. The molecule has 0 radical (unpaired) electrons. The van der Waals surface area contributed by atoms with Crippen LogP contribution in [0.25, 0.3) is 11.0 Å². The molecule has 1 saturated heterocycles. The first-order chi connectivity index (χ1) is 9.11.